The fourth-order valence-electron chi connectivity index (χ4n) is 4.15. The first-order valence-electron chi connectivity index (χ1n) is 11.7. The molecule has 1 fully saturated rings. The van der Waals surface area contributed by atoms with Crippen LogP contribution >= 0.6 is 11.8 Å². The van der Waals surface area contributed by atoms with Crippen molar-refractivity contribution < 1.29 is 9.59 Å². The molecule has 0 bridgehead atoms. The van der Waals surface area contributed by atoms with Gasteiger partial charge in [0.25, 0.3) is 5.91 Å². The lowest BCUT2D eigenvalue weighted by Crippen LogP contribution is -2.63. The first-order chi connectivity index (χ1) is 15.1. The molecule has 0 saturated carbocycles. The van der Waals surface area contributed by atoms with Crippen LogP contribution in [0.3, 0.4) is 0 Å². The fraction of sp³-hybridized carbons (Fsp3) is 0.625. The maximum atomic E-state index is 12.6. The molecule has 3 rings (SSSR count). The number of amidine groups is 1. The minimum absolute atomic E-state index is 0.243. The fourth-order valence-corrected chi connectivity index (χ4v) is 5.23. The Kier molecular flexibility index (Phi) is 9.25. The Bertz CT molecular complexity index is 755. The van der Waals surface area contributed by atoms with Crippen molar-refractivity contribution in [3.8, 4) is 0 Å². The van der Waals surface area contributed by atoms with E-state index in [1.54, 1.807) is 23.7 Å². The highest BCUT2D eigenvalue weighted by Gasteiger charge is 2.48. The Hall–Kier alpha value is -2.02. The quantitative estimate of drug-likeness (QED) is 0.477. The number of carbonyl (C=O) groups excluding carboxylic acids is 2. The molecule has 0 aromatic heterocycles. The number of nitrogens with one attached hydrogen (secondary N) is 1. The predicted octanol–water partition coefficient (Wildman–Crippen LogP) is 4.65. The van der Waals surface area contributed by atoms with Crippen LogP contribution in [-0.2, 0) is 11.2 Å². The monoisotopic (exact) mass is 444 g/mol. The van der Waals surface area contributed by atoms with Crippen molar-refractivity contribution in [2.45, 2.75) is 76.9 Å². The van der Waals surface area contributed by atoms with Gasteiger partial charge in [0, 0.05) is 19.3 Å². The summed E-state index contributed by atoms with van der Waals surface area (Å²) in [5, 5.41) is 3.37. The van der Waals surface area contributed by atoms with Gasteiger partial charge < -0.3 is 9.80 Å². The number of urea groups is 1. The molecule has 2 heterocycles. The van der Waals surface area contributed by atoms with Crippen LogP contribution in [0.5, 0.6) is 0 Å². The third kappa shape index (κ3) is 6.48. The predicted molar refractivity (Wildman–Crippen MR) is 128 cm³/mol. The third-order valence-corrected chi connectivity index (χ3v) is 7.13. The Balaban J connectivity index is 1.53. The van der Waals surface area contributed by atoms with E-state index >= 15 is 0 Å². The molecular formula is C24H36N4O2S. The van der Waals surface area contributed by atoms with Crippen LogP contribution in [0, 0.1) is 0 Å². The lowest BCUT2D eigenvalue weighted by Gasteiger charge is -2.36. The van der Waals surface area contributed by atoms with Gasteiger partial charge >= 0.3 is 6.03 Å². The van der Waals surface area contributed by atoms with Gasteiger partial charge in [0.15, 0.2) is 17.4 Å². The van der Waals surface area contributed by atoms with Gasteiger partial charge in [0.1, 0.15) is 0 Å². The molecule has 1 aromatic rings. The molecule has 7 heteroatoms. The molecular weight excluding hydrogens is 408 g/mol. The van der Waals surface area contributed by atoms with Gasteiger partial charge in [-0.2, -0.15) is 0 Å². The SMILES string of the molecule is CCCCCCCCCCSC1=NC2C(C(=O)NC(=O)N2C)N1CCc1ccccc1. The highest BCUT2D eigenvalue weighted by Crippen LogP contribution is 2.29. The van der Waals surface area contributed by atoms with E-state index in [1.807, 2.05) is 18.2 Å². The lowest BCUT2D eigenvalue weighted by atomic mass is 10.1. The van der Waals surface area contributed by atoms with Gasteiger partial charge in [0.05, 0.1) is 0 Å². The summed E-state index contributed by atoms with van der Waals surface area (Å²) in [6, 6.07) is 9.49. The number of carbonyl (C=O) groups is 2. The van der Waals surface area contributed by atoms with Crippen LogP contribution in [-0.4, -0.2) is 58.5 Å². The molecule has 170 valence electrons. The molecule has 0 spiro atoms. The molecule has 31 heavy (non-hydrogen) atoms. The number of rotatable bonds is 12. The smallest absolute Gasteiger partial charge is 0.325 e. The van der Waals surface area contributed by atoms with E-state index in [1.165, 1.54) is 50.5 Å². The van der Waals surface area contributed by atoms with E-state index in [2.05, 4.69) is 29.3 Å². The Morgan fingerprint density at radius 2 is 1.68 bits per heavy atom. The molecule has 2 aliphatic heterocycles. The zero-order chi connectivity index (χ0) is 22.1. The van der Waals surface area contributed by atoms with Crippen molar-refractivity contribution in [3.63, 3.8) is 0 Å². The Morgan fingerprint density at radius 3 is 2.39 bits per heavy atom. The number of imide groups is 1. The molecule has 2 unspecified atom stereocenters. The Morgan fingerprint density at radius 1 is 1.00 bits per heavy atom. The summed E-state index contributed by atoms with van der Waals surface area (Å²) < 4.78 is 0. The van der Waals surface area contributed by atoms with Crippen LogP contribution in [0.15, 0.2) is 35.3 Å². The summed E-state index contributed by atoms with van der Waals surface area (Å²) in [5.41, 5.74) is 1.24. The van der Waals surface area contributed by atoms with Crippen molar-refractivity contribution in [2.24, 2.45) is 4.99 Å². The number of amides is 3. The number of benzene rings is 1. The highest BCUT2D eigenvalue weighted by molar-refractivity contribution is 8.13. The van der Waals surface area contributed by atoms with Crippen LogP contribution < -0.4 is 5.32 Å². The van der Waals surface area contributed by atoms with E-state index in [9.17, 15) is 9.59 Å². The van der Waals surface area contributed by atoms with Gasteiger partial charge in [-0.3, -0.25) is 10.1 Å². The maximum absolute atomic E-state index is 12.6. The van der Waals surface area contributed by atoms with Crippen LogP contribution in [0.4, 0.5) is 4.79 Å². The topological polar surface area (TPSA) is 65.0 Å². The molecule has 6 nitrogen and oxygen atoms in total. The van der Waals surface area contributed by atoms with E-state index in [0.717, 1.165) is 23.8 Å². The van der Waals surface area contributed by atoms with E-state index < -0.39 is 12.2 Å². The van der Waals surface area contributed by atoms with E-state index in [0.29, 0.717) is 6.54 Å². The minimum Gasteiger partial charge on any atom is -0.335 e. The van der Waals surface area contributed by atoms with Gasteiger partial charge in [0.2, 0.25) is 0 Å². The number of unbranched alkanes of at least 4 members (excludes halogenated alkanes) is 7. The van der Waals surface area contributed by atoms with Gasteiger partial charge in [-0.15, -0.1) is 0 Å². The van der Waals surface area contributed by atoms with E-state index in [-0.39, 0.29) is 11.9 Å². The van der Waals surface area contributed by atoms with Crippen molar-refractivity contribution in [2.75, 3.05) is 19.3 Å². The zero-order valence-electron chi connectivity index (χ0n) is 18.9. The summed E-state index contributed by atoms with van der Waals surface area (Å²) in [6.07, 6.45) is 10.8. The lowest BCUT2D eigenvalue weighted by molar-refractivity contribution is -0.127. The summed E-state index contributed by atoms with van der Waals surface area (Å²) in [6.45, 7) is 2.96. The number of nitrogens with zero attached hydrogens (tertiary/aromatic N) is 3. The average molecular weight is 445 g/mol. The van der Waals surface area contributed by atoms with Crippen LogP contribution in [0.2, 0.25) is 0 Å². The van der Waals surface area contributed by atoms with Crippen molar-refractivity contribution in [1.82, 2.24) is 15.1 Å². The molecule has 0 aliphatic carbocycles. The number of hydrogen-bond donors (Lipinski definition) is 1. The number of likely N-dealkylation sites (N-methyl/N-ethyl adjacent to an activating group) is 1. The van der Waals surface area contributed by atoms with Crippen LogP contribution in [0.25, 0.3) is 0 Å². The van der Waals surface area contributed by atoms with Crippen molar-refractivity contribution in [1.29, 1.82) is 0 Å². The average Bonchev–Trinajstić information content (AvgIpc) is 3.15. The first-order valence-corrected chi connectivity index (χ1v) is 12.7. The second-order valence-corrected chi connectivity index (χ2v) is 9.49. The number of aliphatic imine (C=N–C) groups is 1. The molecule has 2 atom stereocenters. The standard InChI is InChI=1S/C24H36N4O2S/c1-3-4-5-6-7-8-9-13-18-31-24-25-21-20(22(29)26-23(30)27(21)2)28(24)17-16-19-14-11-10-12-15-19/h10-12,14-15,20-21H,3-9,13,16-18H2,1-2H3,(H,26,29,30). The Labute approximate surface area is 190 Å². The molecule has 2 aliphatic rings. The largest absolute Gasteiger partial charge is 0.335 e. The maximum Gasteiger partial charge on any atom is 0.325 e. The summed E-state index contributed by atoms with van der Waals surface area (Å²) in [4.78, 5) is 33.2. The second kappa shape index (κ2) is 12.1. The second-order valence-electron chi connectivity index (χ2n) is 8.43. The molecule has 1 saturated heterocycles. The van der Waals surface area contributed by atoms with Crippen LogP contribution in [0.1, 0.15) is 63.9 Å². The minimum atomic E-state index is -0.438. The summed E-state index contributed by atoms with van der Waals surface area (Å²) >= 11 is 1.73. The summed E-state index contributed by atoms with van der Waals surface area (Å²) in [5.74, 6) is 0.751. The molecule has 1 N–H and O–H groups in total. The summed E-state index contributed by atoms with van der Waals surface area (Å²) in [7, 11) is 1.71. The zero-order valence-corrected chi connectivity index (χ0v) is 19.7. The third-order valence-electron chi connectivity index (χ3n) is 6.04. The molecule has 1 aromatic carbocycles. The first kappa shape index (κ1) is 23.6. The number of hydrogen-bond acceptors (Lipinski definition) is 5. The van der Waals surface area contributed by atoms with Gasteiger partial charge in [-0.25, -0.2) is 9.79 Å². The van der Waals surface area contributed by atoms with Gasteiger partial charge in [-0.1, -0.05) is 94.0 Å². The highest BCUT2D eigenvalue weighted by atomic mass is 32.2. The number of thioether (sulfide) groups is 1. The molecule has 3 amide bonds. The van der Waals surface area contributed by atoms with Crippen molar-refractivity contribution in [3.05, 3.63) is 35.9 Å². The number of fused-ring (bicyclic) bond motifs is 1. The normalized spacial score (nSPS) is 20.6. The molecule has 0 radical (unpaired) electrons. The van der Waals surface area contributed by atoms with E-state index in [4.69, 9.17) is 4.99 Å². The van der Waals surface area contributed by atoms with Gasteiger partial charge in [-0.05, 0) is 18.4 Å². The van der Waals surface area contributed by atoms with Crippen molar-refractivity contribution >= 4 is 28.9 Å².